The number of methoxy groups -OCH3 is 1. The topological polar surface area (TPSA) is 38.3 Å². The van der Waals surface area contributed by atoms with Crippen LogP contribution in [0.2, 0.25) is 0 Å². The molecule has 0 saturated carbocycles. The summed E-state index contributed by atoms with van der Waals surface area (Å²) in [6.07, 6.45) is 0.544. The number of ether oxygens (including phenoxy) is 1. The second kappa shape index (κ2) is 4.14. The fraction of sp³-hybridized carbons (Fsp3) is 0.364. The van der Waals surface area contributed by atoms with E-state index in [1.54, 1.807) is 18.9 Å². The van der Waals surface area contributed by atoms with Crippen LogP contribution in [-0.2, 0) is 4.79 Å². The summed E-state index contributed by atoms with van der Waals surface area (Å²) >= 11 is 1.70. The van der Waals surface area contributed by atoms with Crippen LogP contribution in [0, 0.1) is 0 Å². The summed E-state index contributed by atoms with van der Waals surface area (Å²) < 4.78 is 5.22. The third kappa shape index (κ3) is 2.09. The summed E-state index contributed by atoms with van der Waals surface area (Å²) in [5.74, 6) is 0.778. The third-order valence-corrected chi connectivity index (χ3v) is 3.44. The van der Waals surface area contributed by atoms with Gasteiger partial charge in [0.05, 0.1) is 12.8 Å². The lowest BCUT2D eigenvalue weighted by molar-refractivity contribution is -0.116. The molecular formula is C11H13NO2S. The zero-order chi connectivity index (χ0) is 10.8. The smallest absolute Gasteiger partial charge is 0.225 e. The van der Waals surface area contributed by atoms with E-state index in [0.717, 1.165) is 16.3 Å². The van der Waals surface area contributed by atoms with E-state index in [4.69, 9.17) is 4.74 Å². The van der Waals surface area contributed by atoms with Gasteiger partial charge in [-0.2, -0.15) is 0 Å². The van der Waals surface area contributed by atoms with Crippen molar-refractivity contribution in [1.29, 1.82) is 0 Å². The molecular weight excluding hydrogens is 210 g/mol. The molecule has 0 spiro atoms. The predicted octanol–water partition coefficient (Wildman–Crippen LogP) is 2.52. The van der Waals surface area contributed by atoms with Crippen LogP contribution >= 0.6 is 11.8 Å². The van der Waals surface area contributed by atoms with Crippen LogP contribution in [0.1, 0.15) is 13.3 Å². The van der Waals surface area contributed by atoms with E-state index >= 15 is 0 Å². The molecule has 0 radical (unpaired) electrons. The quantitative estimate of drug-likeness (QED) is 0.795. The summed E-state index contributed by atoms with van der Waals surface area (Å²) in [6.45, 7) is 2.05. The Morgan fingerprint density at radius 1 is 1.53 bits per heavy atom. The Balaban J connectivity index is 2.45. The summed E-state index contributed by atoms with van der Waals surface area (Å²) in [4.78, 5) is 12.6. The molecule has 2 rings (SSSR count). The lowest BCUT2D eigenvalue weighted by Gasteiger charge is -2.11. The number of hydrogen-bond donors (Lipinski definition) is 1. The summed E-state index contributed by atoms with van der Waals surface area (Å²) in [5.41, 5.74) is 0.805. The fourth-order valence-electron chi connectivity index (χ4n) is 1.61. The Hall–Kier alpha value is -1.16. The third-order valence-electron chi connectivity index (χ3n) is 2.27. The minimum atomic E-state index is 0.0539. The molecule has 3 nitrogen and oxygen atoms in total. The number of thioether (sulfide) groups is 1. The molecule has 80 valence electrons. The Morgan fingerprint density at radius 3 is 3.07 bits per heavy atom. The molecule has 0 fully saturated rings. The molecule has 15 heavy (non-hydrogen) atoms. The van der Waals surface area contributed by atoms with Gasteiger partial charge in [0.1, 0.15) is 5.75 Å². The van der Waals surface area contributed by atoms with Gasteiger partial charge in [-0.15, -0.1) is 11.8 Å². The van der Waals surface area contributed by atoms with Crippen LogP contribution in [0.25, 0.3) is 0 Å². The maximum atomic E-state index is 11.5. The molecule has 0 bridgehead atoms. The minimum Gasteiger partial charge on any atom is -0.495 e. The van der Waals surface area contributed by atoms with Gasteiger partial charge < -0.3 is 10.1 Å². The number of fused-ring (bicyclic) bond motifs is 1. The zero-order valence-corrected chi connectivity index (χ0v) is 9.56. The molecule has 0 aliphatic carbocycles. The second-order valence-electron chi connectivity index (χ2n) is 3.51. The molecule has 4 heteroatoms. The lowest BCUT2D eigenvalue weighted by Crippen LogP contribution is -2.13. The fourth-order valence-corrected chi connectivity index (χ4v) is 2.71. The molecule has 1 aromatic rings. The maximum absolute atomic E-state index is 11.5. The number of amides is 1. The van der Waals surface area contributed by atoms with Gasteiger partial charge in [0.15, 0.2) is 0 Å². The highest BCUT2D eigenvalue weighted by atomic mass is 32.2. The SMILES string of the molecule is COc1cccc2c1NC(=O)CC(C)S2. The van der Waals surface area contributed by atoms with Crippen LogP contribution in [0.3, 0.4) is 0 Å². The minimum absolute atomic E-state index is 0.0539. The zero-order valence-electron chi connectivity index (χ0n) is 8.74. The van der Waals surface area contributed by atoms with Crippen molar-refractivity contribution in [2.24, 2.45) is 0 Å². The second-order valence-corrected chi connectivity index (χ2v) is 4.99. The molecule has 1 unspecified atom stereocenters. The highest BCUT2D eigenvalue weighted by molar-refractivity contribution is 8.00. The molecule has 0 aromatic heterocycles. The van der Waals surface area contributed by atoms with Gasteiger partial charge in [0.25, 0.3) is 0 Å². The molecule has 1 amide bonds. The number of para-hydroxylation sites is 1. The van der Waals surface area contributed by atoms with Crippen molar-refractivity contribution in [3.63, 3.8) is 0 Å². The number of carbonyl (C=O) groups is 1. The van der Waals surface area contributed by atoms with Crippen molar-refractivity contribution in [2.75, 3.05) is 12.4 Å². The summed E-state index contributed by atoms with van der Waals surface area (Å²) in [5, 5.41) is 3.19. The van der Waals surface area contributed by atoms with Crippen molar-refractivity contribution in [3.8, 4) is 5.75 Å². The molecule has 0 saturated heterocycles. The van der Waals surface area contributed by atoms with Gasteiger partial charge in [0, 0.05) is 16.6 Å². The molecule has 1 N–H and O–H groups in total. The Labute approximate surface area is 93.2 Å². The van der Waals surface area contributed by atoms with Crippen molar-refractivity contribution >= 4 is 23.4 Å². The van der Waals surface area contributed by atoms with Crippen molar-refractivity contribution in [2.45, 2.75) is 23.5 Å². The van der Waals surface area contributed by atoms with E-state index in [0.29, 0.717) is 11.7 Å². The first-order chi connectivity index (χ1) is 7.20. The molecule has 1 aliphatic heterocycles. The van der Waals surface area contributed by atoms with Crippen LogP contribution in [0.15, 0.2) is 23.1 Å². The average molecular weight is 223 g/mol. The first kappa shape index (κ1) is 10.4. The predicted molar refractivity (Wildman–Crippen MR) is 61.6 cm³/mol. The average Bonchev–Trinajstić information content (AvgIpc) is 2.33. The van der Waals surface area contributed by atoms with Gasteiger partial charge in [0.2, 0.25) is 5.91 Å². The first-order valence-electron chi connectivity index (χ1n) is 4.84. The van der Waals surface area contributed by atoms with Crippen molar-refractivity contribution in [3.05, 3.63) is 18.2 Å². The van der Waals surface area contributed by atoms with E-state index in [1.807, 2.05) is 18.2 Å². The van der Waals surface area contributed by atoms with E-state index in [-0.39, 0.29) is 5.91 Å². The first-order valence-corrected chi connectivity index (χ1v) is 5.72. The standard InChI is InChI=1S/C11H13NO2S/c1-7-6-10(13)12-11-8(14-2)4-3-5-9(11)15-7/h3-5,7H,6H2,1-2H3,(H,12,13). The monoisotopic (exact) mass is 223 g/mol. The number of benzene rings is 1. The Bertz CT molecular complexity index is 392. The van der Waals surface area contributed by atoms with E-state index in [2.05, 4.69) is 12.2 Å². The lowest BCUT2D eigenvalue weighted by atomic mass is 10.2. The van der Waals surface area contributed by atoms with Crippen molar-refractivity contribution in [1.82, 2.24) is 0 Å². The summed E-state index contributed by atoms with van der Waals surface area (Å²) in [7, 11) is 1.61. The summed E-state index contributed by atoms with van der Waals surface area (Å²) in [6, 6.07) is 5.80. The molecule has 1 atom stereocenters. The number of carbonyl (C=O) groups excluding carboxylic acids is 1. The Kier molecular flexibility index (Phi) is 2.86. The highest BCUT2D eigenvalue weighted by Gasteiger charge is 2.21. The van der Waals surface area contributed by atoms with Crippen LogP contribution < -0.4 is 10.1 Å². The van der Waals surface area contributed by atoms with E-state index in [1.165, 1.54) is 0 Å². The highest BCUT2D eigenvalue weighted by Crippen LogP contribution is 2.40. The van der Waals surface area contributed by atoms with Crippen molar-refractivity contribution < 1.29 is 9.53 Å². The normalized spacial score (nSPS) is 20.1. The number of rotatable bonds is 1. The van der Waals surface area contributed by atoms with E-state index < -0.39 is 0 Å². The van der Waals surface area contributed by atoms with Crippen LogP contribution in [0.4, 0.5) is 5.69 Å². The molecule has 1 heterocycles. The number of nitrogens with one attached hydrogen (secondary N) is 1. The van der Waals surface area contributed by atoms with Crippen LogP contribution in [-0.4, -0.2) is 18.3 Å². The van der Waals surface area contributed by atoms with Gasteiger partial charge in [-0.05, 0) is 12.1 Å². The maximum Gasteiger partial charge on any atom is 0.225 e. The van der Waals surface area contributed by atoms with Gasteiger partial charge in [-0.3, -0.25) is 4.79 Å². The number of anilines is 1. The van der Waals surface area contributed by atoms with Gasteiger partial charge in [-0.1, -0.05) is 13.0 Å². The molecule has 1 aliphatic rings. The molecule has 1 aromatic carbocycles. The van der Waals surface area contributed by atoms with Gasteiger partial charge >= 0.3 is 0 Å². The largest absolute Gasteiger partial charge is 0.495 e. The number of hydrogen-bond acceptors (Lipinski definition) is 3. The van der Waals surface area contributed by atoms with Crippen LogP contribution in [0.5, 0.6) is 5.75 Å². The van der Waals surface area contributed by atoms with E-state index in [9.17, 15) is 4.79 Å². The Morgan fingerprint density at radius 2 is 2.33 bits per heavy atom. The van der Waals surface area contributed by atoms with Gasteiger partial charge in [-0.25, -0.2) is 0 Å².